The number of carboxylic acids is 1. The second-order valence-corrected chi connectivity index (χ2v) is 3.46. The maximum Gasteiger partial charge on any atom is 0.303 e. The molecule has 6 nitrogen and oxygen atoms in total. The molecule has 6 heteroatoms. The molecule has 0 spiro atoms. The van der Waals surface area contributed by atoms with Gasteiger partial charge in [0.25, 0.3) is 0 Å². The summed E-state index contributed by atoms with van der Waals surface area (Å²) in [6, 6.07) is -0.364. The highest BCUT2D eigenvalue weighted by atomic mass is 16.4. The van der Waals surface area contributed by atoms with Gasteiger partial charge in [-0.05, 0) is 19.4 Å². The highest BCUT2D eigenvalue weighted by Gasteiger charge is 2.25. The van der Waals surface area contributed by atoms with Gasteiger partial charge in [-0.25, -0.2) is 0 Å². The third-order valence-corrected chi connectivity index (χ3v) is 2.20. The molecule has 1 heterocycles. The van der Waals surface area contributed by atoms with Gasteiger partial charge in [0.15, 0.2) is 0 Å². The van der Waals surface area contributed by atoms with Crippen molar-refractivity contribution >= 4 is 17.8 Å². The van der Waals surface area contributed by atoms with E-state index in [0.717, 1.165) is 0 Å². The second-order valence-electron chi connectivity index (χ2n) is 3.46. The summed E-state index contributed by atoms with van der Waals surface area (Å²) in [4.78, 5) is 32.2. The zero-order chi connectivity index (χ0) is 11.3. The van der Waals surface area contributed by atoms with Crippen LogP contribution in [0.15, 0.2) is 0 Å². The molecular weight excluding hydrogens is 200 g/mol. The van der Waals surface area contributed by atoms with Crippen molar-refractivity contribution in [2.24, 2.45) is 0 Å². The molecule has 3 N–H and O–H groups in total. The van der Waals surface area contributed by atoms with Gasteiger partial charge in [0.05, 0.1) is 6.04 Å². The van der Waals surface area contributed by atoms with Gasteiger partial charge in [-0.2, -0.15) is 0 Å². The summed E-state index contributed by atoms with van der Waals surface area (Å²) in [6.07, 6.45) is 1.38. The van der Waals surface area contributed by atoms with Crippen LogP contribution < -0.4 is 10.6 Å². The van der Waals surface area contributed by atoms with Crippen LogP contribution in [0.3, 0.4) is 0 Å². The molecule has 0 aromatic rings. The van der Waals surface area contributed by atoms with Gasteiger partial charge < -0.3 is 10.4 Å². The number of carboxylic acid groups (broad SMARTS) is 1. The summed E-state index contributed by atoms with van der Waals surface area (Å²) in [7, 11) is 0. The number of carbonyl (C=O) groups excluding carboxylic acids is 2. The molecule has 1 rings (SSSR count). The van der Waals surface area contributed by atoms with E-state index in [-0.39, 0.29) is 24.3 Å². The average Bonchev–Trinajstić information content (AvgIpc) is 2.14. The van der Waals surface area contributed by atoms with E-state index in [0.29, 0.717) is 25.8 Å². The van der Waals surface area contributed by atoms with Crippen LogP contribution in [0.4, 0.5) is 0 Å². The van der Waals surface area contributed by atoms with E-state index in [1.165, 1.54) is 0 Å². The van der Waals surface area contributed by atoms with Crippen molar-refractivity contribution in [1.29, 1.82) is 0 Å². The standard InChI is InChI=1S/C9H14N2O4/c12-7-4-3-6(9(15)11-7)10-5-1-2-8(13)14/h6,10H,1-5H2,(H,13,14)(H,11,12,15). The van der Waals surface area contributed by atoms with E-state index in [1.807, 2.05) is 0 Å². The Bertz CT molecular complexity index is 277. The molecule has 1 aliphatic rings. The fraction of sp³-hybridized carbons (Fsp3) is 0.667. The Balaban J connectivity index is 2.18. The van der Waals surface area contributed by atoms with E-state index < -0.39 is 5.97 Å². The van der Waals surface area contributed by atoms with E-state index in [2.05, 4.69) is 10.6 Å². The smallest absolute Gasteiger partial charge is 0.303 e. The quantitative estimate of drug-likeness (QED) is 0.413. The molecule has 0 aromatic heterocycles. The molecule has 2 amide bonds. The number of rotatable bonds is 5. The molecule has 0 saturated carbocycles. The normalized spacial score (nSPS) is 21.2. The Morgan fingerprint density at radius 2 is 2.27 bits per heavy atom. The number of nitrogens with one attached hydrogen (secondary N) is 2. The average molecular weight is 214 g/mol. The van der Waals surface area contributed by atoms with Gasteiger partial charge in [-0.15, -0.1) is 0 Å². The van der Waals surface area contributed by atoms with Crippen molar-refractivity contribution in [3.05, 3.63) is 0 Å². The molecule has 1 unspecified atom stereocenters. The van der Waals surface area contributed by atoms with Crippen LogP contribution in [-0.4, -0.2) is 35.5 Å². The van der Waals surface area contributed by atoms with Crippen LogP contribution in [0.1, 0.15) is 25.7 Å². The molecule has 1 atom stereocenters. The van der Waals surface area contributed by atoms with Gasteiger partial charge in [-0.3, -0.25) is 19.7 Å². The van der Waals surface area contributed by atoms with Gasteiger partial charge in [-0.1, -0.05) is 0 Å². The molecule has 1 saturated heterocycles. The number of hydrogen-bond acceptors (Lipinski definition) is 4. The highest BCUT2D eigenvalue weighted by Crippen LogP contribution is 2.04. The monoisotopic (exact) mass is 214 g/mol. The van der Waals surface area contributed by atoms with Crippen molar-refractivity contribution in [2.75, 3.05) is 6.54 Å². The van der Waals surface area contributed by atoms with Gasteiger partial charge >= 0.3 is 5.97 Å². The van der Waals surface area contributed by atoms with Crippen molar-refractivity contribution < 1.29 is 19.5 Å². The number of piperidine rings is 1. The van der Waals surface area contributed by atoms with Crippen molar-refractivity contribution in [1.82, 2.24) is 10.6 Å². The maximum absolute atomic E-state index is 11.2. The predicted octanol–water partition coefficient (Wildman–Crippen LogP) is -0.754. The van der Waals surface area contributed by atoms with E-state index in [1.54, 1.807) is 0 Å². The number of carbonyl (C=O) groups is 3. The largest absolute Gasteiger partial charge is 0.481 e. The molecule has 0 bridgehead atoms. The van der Waals surface area contributed by atoms with Gasteiger partial charge in [0.2, 0.25) is 11.8 Å². The Hall–Kier alpha value is -1.43. The van der Waals surface area contributed by atoms with Crippen molar-refractivity contribution in [3.63, 3.8) is 0 Å². The lowest BCUT2D eigenvalue weighted by molar-refractivity contribution is -0.137. The summed E-state index contributed by atoms with van der Waals surface area (Å²) in [6.45, 7) is 0.471. The predicted molar refractivity (Wildman–Crippen MR) is 51.0 cm³/mol. The van der Waals surface area contributed by atoms with Crippen LogP contribution in [0.5, 0.6) is 0 Å². The zero-order valence-electron chi connectivity index (χ0n) is 8.28. The van der Waals surface area contributed by atoms with Crippen LogP contribution >= 0.6 is 0 Å². The minimum Gasteiger partial charge on any atom is -0.481 e. The molecule has 0 aliphatic carbocycles. The number of imide groups is 1. The summed E-state index contributed by atoms with van der Waals surface area (Å²) >= 11 is 0. The lowest BCUT2D eigenvalue weighted by Gasteiger charge is -2.21. The van der Waals surface area contributed by atoms with Crippen molar-refractivity contribution in [3.8, 4) is 0 Å². The molecule has 0 aromatic carbocycles. The fourth-order valence-electron chi connectivity index (χ4n) is 1.40. The molecule has 1 fully saturated rings. The first-order chi connectivity index (χ1) is 7.09. The Morgan fingerprint density at radius 3 is 2.87 bits per heavy atom. The van der Waals surface area contributed by atoms with Crippen LogP contribution in [0, 0.1) is 0 Å². The van der Waals surface area contributed by atoms with E-state index in [4.69, 9.17) is 5.11 Å². The summed E-state index contributed by atoms with van der Waals surface area (Å²) in [5, 5.41) is 13.5. The summed E-state index contributed by atoms with van der Waals surface area (Å²) < 4.78 is 0. The van der Waals surface area contributed by atoms with E-state index >= 15 is 0 Å². The first-order valence-corrected chi connectivity index (χ1v) is 4.88. The first-order valence-electron chi connectivity index (χ1n) is 4.88. The molecule has 0 radical (unpaired) electrons. The van der Waals surface area contributed by atoms with Crippen LogP contribution in [0.25, 0.3) is 0 Å². The van der Waals surface area contributed by atoms with Crippen LogP contribution in [-0.2, 0) is 14.4 Å². The maximum atomic E-state index is 11.2. The number of hydrogen-bond donors (Lipinski definition) is 3. The molecular formula is C9H14N2O4. The van der Waals surface area contributed by atoms with Crippen molar-refractivity contribution in [2.45, 2.75) is 31.7 Å². The topological polar surface area (TPSA) is 95.5 Å². The third kappa shape index (κ3) is 4.07. The lowest BCUT2D eigenvalue weighted by atomic mass is 10.1. The molecule has 1 aliphatic heterocycles. The third-order valence-electron chi connectivity index (χ3n) is 2.20. The zero-order valence-corrected chi connectivity index (χ0v) is 8.28. The summed E-state index contributed by atoms with van der Waals surface area (Å²) in [5.74, 6) is -1.41. The Kier molecular flexibility index (Phi) is 4.23. The SMILES string of the molecule is O=C(O)CCCNC1CCC(=O)NC1=O. The highest BCUT2D eigenvalue weighted by molar-refractivity contribution is 6.00. The minimum atomic E-state index is -0.847. The lowest BCUT2D eigenvalue weighted by Crippen LogP contribution is -2.50. The second kappa shape index (κ2) is 5.45. The molecule has 15 heavy (non-hydrogen) atoms. The number of amides is 2. The summed E-state index contributed by atoms with van der Waals surface area (Å²) in [5.41, 5.74) is 0. The van der Waals surface area contributed by atoms with Gasteiger partial charge in [0.1, 0.15) is 0 Å². The fourth-order valence-corrected chi connectivity index (χ4v) is 1.40. The first kappa shape index (κ1) is 11.6. The van der Waals surface area contributed by atoms with Crippen LogP contribution in [0.2, 0.25) is 0 Å². The Morgan fingerprint density at radius 1 is 1.53 bits per heavy atom. The minimum absolute atomic E-state index is 0.0836. The van der Waals surface area contributed by atoms with E-state index in [9.17, 15) is 14.4 Å². The number of aliphatic carboxylic acids is 1. The molecule has 84 valence electrons. The van der Waals surface area contributed by atoms with Gasteiger partial charge in [0, 0.05) is 12.8 Å². The Labute approximate surface area is 87.0 Å².